The minimum Gasteiger partial charge on any atom is -0.493 e. The molecular formula is C24H36N4O2. The van der Waals surface area contributed by atoms with E-state index in [0.717, 1.165) is 50.1 Å². The summed E-state index contributed by atoms with van der Waals surface area (Å²) in [5.41, 5.74) is 3.72. The van der Waals surface area contributed by atoms with Crippen molar-refractivity contribution in [3.8, 4) is 11.5 Å². The zero-order valence-electron chi connectivity index (χ0n) is 19.0. The first kappa shape index (κ1) is 23.5. The van der Waals surface area contributed by atoms with Gasteiger partial charge in [0.05, 0.1) is 20.8 Å². The summed E-state index contributed by atoms with van der Waals surface area (Å²) in [6.45, 7) is 8.49. The second kappa shape index (κ2) is 12.8. The highest BCUT2D eigenvalue weighted by Gasteiger charge is 2.05. The van der Waals surface area contributed by atoms with Crippen LogP contribution in [-0.4, -0.2) is 51.8 Å². The second-order valence-corrected chi connectivity index (χ2v) is 7.21. The van der Waals surface area contributed by atoms with Crippen LogP contribution in [0, 0.1) is 0 Å². The number of ether oxygens (including phenoxy) is 2. The average molecular weight is 413 g/mol. The Labute approximate surface area is 181 Å². The quantitative estimate of drug-likeness (QED) is 0.437. The van der Waals surface area contributed by atoms with E-state index in [9.17, 15) is 0 Å². The van der Waals surface area contributed by atoms with Crippen LogP contribution in [0.2, 0.25) is 0 Å². The summed E-state index contributed by atoms with van der Waals surface area (Å²) >= 11 is 0. The first-order chi connectivity index (χ1) is 14.6. The van der Waals surface area contributed by atoms with Crippen molar-refractivity contribution in [1.82, 2.24) is 15.5 Å². The molecule has 2 N–H and O–H groups in total. The van der Waals surface area contributed by atoms with Crippen LogP contribution < -0.4 is 20.1 Å². The van der Waals surface area contributed by atoms with Gasteiger partial charge in [-0.2, -0.15) is 0 Å². The maximum atomic E-state index is 5.39. The summed E-state index contributed by atoms with van der Waals surface area (Å²) in [5.74, 6) is 2.33. The van der Waals surface area contributed by atoms with E-state index in [-0.39, 0.29) is 0 Å². The summed E-state index contributed by atoms with van der Waals surface area (Å²) in [6.07, 6.45) is 0.865. The van der Waals surface area contributed by atoms with Crippen molar-refractivity contribution in [3.63, 3.8) is 0 Å². The Balaban J connectivity index is 1.94. The predicted molar refractivity (Wildman–Crippen MR) is 125 cm³/mol. The third-order valence-electron chi connectivity index (χ3n) is 4.90. The van der Waals surface area contributed by atoms with Crippen molar-refractivity contribution >= 4 is 5.96 Å². The minimum atomic E-state index is 0.648. The first-order valence-corrected chi connectivity index (χ1v) is 10.6. The largest absolute Gasteiger partial charge is 0.493 e. The monoisotopic (exact) mass is 412 g/mol. The summed E-state index contributed by atoms with van der Waals surface area (Å²) in [6, 6.07) is 14.7. The van der Waals surface area contributed by atoms with E-state index in [1.165, 1.54) is 16.7 Å². The summed E-state index contributed by atoms with van der Waals surface area (Å²) < 4.78 is 10.7. The molecule has 0 atom stereocenters. The predicted octanol–water partition coefficient (Wildman–Crippen LogP) is 3.45. The van der Waals surface area contributed by atoms with E-state index in [1.807, 2.05) is 12.1 Å². The molecule has 0 bridgehead atoms. The number of hydrogen-bond acceptors (Lipinski definition) is 4. The Morgan fingerprint density at radius 1 is 0.933 bits per heavy atom. The second-order valence-electron chi connectivity index (χ2n) is 7.21. The van der Waals surface area contributed by atoms with Crippen molar-refractivity contribution in [1.29, 1.82) is 0 Å². The van der Waals surface area contributed by atoms with E-state index < -0.39 is 0 Å². The van der Waals surface area contributed by atoms with E-state index in [0.29, 0.717) is 6.54 Å². The van der Waals surface area contributed by atoms with Crippen LogP contribution in [0.4, 0.5) is 0 Å². The normalized spacial score (nSPS) is 11.5. The van der Waals surface area contributed by atoms with E-state index in [2.05, 4.69) is 66.8 Å². The molecule has 0 aliphatic heterocycles. The van der Waals surface area contributed by atoms with Gasteiger partial charge in [-0.25, -0.2) is 4.99 Å². The van der Waals surface area contributed by atoms with Crippen LogP contribution >= 0.6 is 0 Å². The fraction of sp³-hybridized carbons (Fsp3) is 0.458. The van der Waals surface area contributed by atoms with Crippen LogP contribution in [-0.2, 0) is 19.5 Å². The average Bonchev–Trinajstić information content (AvgIpc) is 2.77. The van der Waals surface area contributed by atoms with Crippen molar-refractivity contribution in [3.05, 3.63) is 59.2 Å². The lowest BCUT2D eigenvalue weighted by atomic mass is 10.1. The number of aliphatic imine (C=N–C) groups is 1. The third-order valence-corrected chi connectivity index (χ3v) is 4.90. The Bertz CT molecular complexity index is 808. The van der Waals surface area contributed by atoms with Gasteiger partial charge in [0, 0.05) is 19.6 Å². The van der Waals surface area contributed by atoms with Gasteiger partial charge in [-0.1, -0.05) is 37.3 Å². The van der Waals surface area contributed by atoms with Gasteiger partial charge in [-0.15, -0.1) is 0 Å². The summed E-state index contributed by atoms with van der Waals surface area (Å²) in [5, 5.41) is 6.74. The molecule has 0 fully saturated rings. The van der Waals surface area contributed by atoms with Crippen LogP contribution in [0.3, 0.4) is 0 Å². The number of nitrogens with zero attached hydrogens (tertiary/aromatic N) is 2. The lowest BCUT2D eigenvalue weighted by molar-refractivity contribution is 0.345. The standard InChI is InChI=1S/C24H36N4O2/c1-6-25-24(26-14-13-19-11-12-22(29-4)23(16-19)30-5)27-17-20-9-8-10-21(15-20)18-28(3)7-2/h8-12,15-16H,6-7,13-14,17-18H2,1-5H3,(H2,25,26,27). The molecular weight excluding hydrogens is 376 g/mol. The molecule has 164 valence electrons. The van der Waals surface area contributed by atoms with Crippen molar-refractivity contribution in [2.45, 2.75) is 33.4 Å². The smallest absolute Gasteiger partial charge is 0.191 e. The van der Waals surface area contributed by atoms with Gasteiger partial charge in [-0.05, 0) is 55.8 Å². The molecule has 2 aromatic rings. The highest BCUT2D eigenvalue weighted by atomic mass is 16.5. The molecule has 0 unspecified atom stereocenters. The Morgan fingerprint density at radius 2 is 1.70 bits per heavy atom. The minimum absolute atomic E-state index is 0.648. The number of methoxy groups -OCH3 is 2. The van der Waals surface area contributed by atoms with Gasteiger partial charge in [0.15, 0.2) is 17.5 Å². The van der Waals surface area contributed by atoms with Gasteiger partial charge in [-0.3, -0.25) is 0 Å². The van der Waals surface area contributed by atoms with E-state index in [1.54, 1.807) is 14.2 Å². The summed E-state index contributed by atoms with van der Waals surface area (Å²) in [7, 11) is 5.44. The van der Waals surface area contributed by atoms with Gasteiger partial charge in [0.1, 0.15) is 0 Å². The van der Waals surface area contributed by atoms with Crippen LogP contribution in [0.1, 0.15) is 30.5 Å². The number of hydrogen-bond donors (Lipinski definition) is 2. The molecule has 0 aromatic heterocycles. The Hall–Kier alpha value is -2.73. The fourth-order valence-corrected chi connectivity index (χ4v) is 3.12. The number of guanidine groups is 1. The molecule has 0 spiro atoms. The van der Waals surface area contributed by atoms with Crippen LogP contribution in [0.5, 0.6) is 11.5 Å². The fourth-order valence-electron chi connectivity index (χ4n) is 3.12. The molecule has 6 heteroatoms. The lowest BCUT2D eigenvalue weighted by Gasteiger charge is -2.14. The molecule has 2 aromatic carbocycles. The highest BCUT2D eigenvalue weighted by molar-refractivity contribution is 5.79. The SMILES string of the molecule is CCNC(=NCc1cccc(CN(C)CC)c1)NCCc1ccc(OC)c(OC)c1. The maximum absolute atomic E-state index is 5.39. The molecule has 0 saturated heterocycles. The molecule has 0 heterocycles. The molecule has 0 aliphatic rings. The first-order valence-electron chi connectivity index (χ1n) is 10.6. The molecule has 30 heavy (non-hydrogen) atoms. The number of nitrogens with one attached hydrogen (secondary N) is 2. The zero-order valence-corrected chi connectivity index (χ0v) is 19.0. The third kappa shape index (κ3) is 7.59. The van der Waals surface area contributed by atoms with Crippen molar-refractivity contribution in [2.24, 2.45) is 4.99 Å². The highest BCUT2D eigenvalue weighted by Crippen LogP contribution is 2.27. The maximum Gasteiger partial charge on any atom is 0.191 e. The number of benzene rings is 2. The molecule has 2 rings (SSSR count). The molecule has 6 nitrogen and oxygen atoms in total. The Kier molecular flexibility index (Phi) is 10.0. The van der Waals surface area contributed by atoms with E-state index >= 15 is 0 Å². The summed E-state index contributed by atoms with van der Waals surface area (Å²) in [4.78, 5) is 7.05. The van der Waals surface area contributed by atoms with Gasteiger partial charge in [0.25, 0.3) is 0 Å². The lowest BCUT2D eigenvalue weighted by Crippen LogP contribution is -2.38. The van der Waals surface area contributed by atoms with Gasteiger partial charge in [0.2, 0.25) is 0 Å². The number of rotatable bonds is 11. The van der Waals surface area contributed by atoms with Gasteiger partial charge >= 0.3 is 0 Å². The van der Waals surface area contributed by atoms with Crippen molar-refractivity contribution < 1.29 is 9.47 Å². The zero-order chi connectivity index (χ0) is 21.8. The molecule has 0 radical (unpaired) electrons. The van der Waals surface area contributed by atoms with Gasteiger partial charge < -0.3 is 25.0 Å². The topological polar surface area (TPSA) is 58.1 Å². The molecule has 0 aliphatic carbocycles. The van der Waals surface area contributed by atoms with Crippen LogP contribution in [0.15, 0.2) is 47.5 Å². The van der Waals surface area contributed by atoms with Crippen molar-refractivity contribution in [2.75, 3.05) is 40.9 Å². The molecule has 0 saturated carbocycles. The Morgan fingerprint density at radius 3 is 2.40 bits per heavy atom. The van der Waals surface area contributed by atoms with Crippen LogP contribution in [0.25, 0.3) is 0 Å². The van der Waals surface area contributed by atoms with E-state index in [4.69, 9.17) is 14.5 Å². The molecule has 0 amide bonds.